The summed E-state index contributed by atoms with van der Waals surface area (Å²) in [5.74, 6) is 0.0614. The van der Waals surface area contributed by atoms with E-state index in [0.29, 0.717) is 18.5 Å². The second-order valence-corrected chi connectivity index (χ2v) is 3.97. The minimum Gasteiger partial charge on any atom is -0.443 e. The second-order valence-electron chi connectivity index (χ2n) is 3.97. The van der Waals surface area contributed by atoms with Gasteiger partial charge in [-0.2, -0.15) is 0 Å². The van der Waals surface area contributed by atoms with Crippen LogP contribution in [0.25, 0.3) is 11.1 Å². The second kappa shape index (κ2) is 3.31. The number of carbonyl (C=O) groups excluding carboxylic acids is 1. The molecule has 1 atom stereocenters. The summed E-state index contributed by atoms with van der Waals surface area (Å²) in [6.45, 7) is 0.568. The maximum Gasteiger partial charge on any atom is 0.228 e. The summed E-state index contributed by atoms with van der Waals surface area (Å²) in [6, 6.07) is 5.45. The number of carbonyl (C=O) groups is 1. The van der Waals surface area contributed by atoms with Gasteiger partial charge < -0.3 is 15.1 Å². The first kappa shape index (κ1) is 9.35. The van der Waals surface area contributed by atoms with Crippen molar-refractivity contribution in [2.45, 2.75) is 12.5 Å². The lowest BCUT2D eigenvalue weighted by atomic mass is 10.2. The summed E-state index contributed by atoms with van der Waals surface area (Å²) in [7, 11) is 0. The number of anilines is 1. The van der Waals surface area contributed by atoms with Crippen molar-refractivity contribution in [2.24, 2.45) is 5.73 Å². The van der Waals surface area contributed by atoms with Gasteiger partial charge in [-0.05, 0) is 12.1 Å². The van der Waals surface area contributed by atoms with Crippen LogP contribution in [0.5, 0.6) is 0 Å². The molecule has 82 valence electrons. The molecule has 1 aromatic carbocycles. The zero-order chi connectivity index (χ0) is 11.1. The Labute approximate surface area is 91.8 Å². The van der Waals surface area contributed by atoms with Crippen LogP contribution in [0.15, 0.2) is 29.0 Å². The molecule has 0 bridgehead atoms. The van der Waals surface area contributed by atoms with E-state index in [0.717, 1.165) is 11.2 Å². The van der Waals surface area contributed by atoms with E-state index in [-0.39, 0.29) is 11.9 Å². The van der Waals surface area contributed by atoms with Crippen LogP contribution in [0.3, 0.4) is 0 Å². The van der Waals surface area contributed by atoms with Crippen LogP contribution in [0.2, 0.25) is 0 Å². The number of fused-ring (bicyclic) bond motifs is 1. The lowest BCUT2D eigenvalue weighted by molar-refractivity contribution is -0.117. The molecule has 2 heterocycles. The molecular weight excluding hydrogens is 206 g/mol. The van der Waals surface area contributed by atoms with E-state index in [1.807, 2.05) is 18.2 Å². The number of nitrogens with two attached hydrogens (primary N) is 1. The molecule has 16 heavy (non-hydrogen) atoms. The minimum atomic E-state index is -0.0714. The monoisotopic (exact) mass is 217 g/mol. The lowest BCUT2D eigenvalue weighted by Gasteiger charge is -2.15. The van der Waals surface area contributed by atoms with Crippen LogP contribution in [0.1, 0.15) is 6.42 Å². The quantitative estimate of drug-likeness (QED) is 0.770. The van der Waals surface area contributed by atoms with Crippen molar-refractivity contribution in [1.29, 1.82) is 0 Å². The maximum atomic E-state index is 11.7. The number of hydrogen-bond acceptors (Lipinski definition) is 4. The third-order valence-electron chi connectivity index (χ3n) is 2.78. The molecule has 2 aromatic rings. The summed E-state index contributed by atoms with van der Waals surface area (Å²) >= 11 is 0. The molecule has 1 amide bonds. The van der Waals surface area contributed by atoms with Crippen LogP contribution >= 0.6 is 0 Å². The largest absolute Gasteiger partial charge is 0.443 e. The zero-order valence-corrected chi connectivity index (χ0v) is 8.59. The number of amides is 1. The number of hydrogen-bond donors (Lipinski definition) is 1. The molecule has 1 saturated heterocycles. The van der Waals surface area contributed by atoms with E-state index in [1.54, 1.807) is 4.90 Å². The van der Waals surface area contributed by atoms with E-state index >= 15 is 0 Å². The van der Waals surface area contributed by atoms with E-state index in [1.165, 1.54) is 6.39 Å². The molecule has 5 heteroatoms. The van der Waals surface area contributed by atoms with Crippen molar-refractivity contribution in [3.05, 3.63) is 24.6 Å². The molecule has 0 saturated carbocycles. The topological polar surface area (TPSA) is 72.4 Å². The van der Waals surface area contributed by atoms with Crippen LogP contribution < -0.4 is 10.6 Å². The molecule has 5 nitrogen and oxygen atoms in total. The third-order valence-corrected chi connectivity index (χ3v) is 2.78. The molecule has 2 N–H and O–H groups in total. The number of benzene rings is 1. The number of aromatic nitrogens is 1. The normalized spacial score (nSPS) is 20.9. The summed E-state index contributed by atoms with van der Waals surface area (Å²) in [5, 5.41) is 0. The average molecular weight is 217 g/mol. The van der Waals surface area contributed by atoms with Gasteiger partial charge in [0.25, 0.3) is 0 Å². The number of oxazole rings is 1. The maximum absolute atomic E-state index is 11.7. The average Bonchev–Trinajstić information content (AvgIpc) is 2.83. The Hall–Kier alpha value is -1.88. The van der Waals surface area contributed by atoms with Crippen molar-refractivity contribution < 1.29 is 9.21 Å². The van der Waals surface area contributed by atoms with Gasteiger partial charge >= 0.3 is 0 Å². The van der Waals surface area contributed by atoms with Crippen molar-refractivity contribution in [3.8, 4) is 0 Å². The van der Waals surface area contributed by atoms with Gasteiger partial charge in [0.1, 0.15) is 5.52 Å². The zero-order valence-electron chi connectivity index (χ0n) is 8.59. The van der Waals surface area contributed by atoms with Crippen molar-refractivity contribution in [1.82, 2.24) is 4.98 Å². The standard InChI is InChI=1S/C11H11N3O2/c12-7-3-11(15)14(5-7)8-1-2-9-10(4-8)16-6-13-9/h1-2,4,6-7H,3,5,12H2. The first-order chi connectivity index (χ1) is 7.74. The van der Waals surface area contributed by atoms with Gasteiger partial charge in [-0.15, -0.1) is 0 Å². The van der Waals surface area contributed by atoms with E-state index in [2.05, 4.69) is 4.98 Å². The fraction of sp³-hybridized carbons (Fsp3) is 0.273. The predicted octanol–water partition coefficient (Wildman–Crippen LogP) is 0.892. The fourth-order valence-electron chi connectivity index (χ4n) is 2.00. The Balaban J connectivity index is 2.02. The van der Waals surface area contributed by atoms with Crippen molar-refractivity contribution in [2.75, 3.05) is 11.4 Å². The molecule has 0 radical (unpaired) electrons. The highest BCUT2D eigenvalue weighted by Gasteiger charge is 2.28. The van der Waals surface area contributed by atoms with Crippen molar-refractivity contribution in [3.63, 3.8) is 0 Å². The lowest BCUT2D eigenvalue weighted by Crippen LogP contribution is -2.27. The number of nitrogens with zero attached hydrogens (tertiary/aromatic N) is 2. The molecular formula is C11H11N3O2. The van der Waals surface area contributed by atoms with E-state index < -0.39 is 0 Å². The SMILES string of the molecule is NC1CC(=O)N(c2ccc3ncoc3c2)C1. The summed E-state index contributed by atoms with van der Waals surface area (Å²) in [6.07, 6.45) is 1.81. The van der Waals surface area contributed by atoms with Crippen LogP contribution in [-0.4, -0.2) is 23.5 Å². The highest BCUT2D eigenvalue weighted by atomic mass is 16.3. The molecule has 0 aliphatic carbocycles. The Kier molecular flexibility index (Phi) is 1.94. The summed E-state index contributed by atoms with van der Waals surface area (Å²) in [5.41, 5.74) is 8.05. The van der Waals surface area contributed by atoms with Gasteiger partial charge in [0, 0.05) is 30.8 Å². The smallest absolute Gasteiger partial charge is 0.228 e. The minimum absolute atomic E-state index is 0.0614. The Morgan fingerprint density at radius 3 is 3.12 bits per heavy atom. The first-order valence-corrected chi connectivity index (χ1v) is 5.13. The molecule has 1 aliphatic rings. The van der Waals surface area contributed by atoms with Crippen LogP contribution in [0.4, 0.5) is 5.69 Å². The Morgan fingerprint density at radius 2 is 2.38 bits per heavy atom. The Morgan fingerprint density at radius 1 is 1.50 bits per heavy atom. The molecule has 1 unspecified atom stereocenters. The molecule has 1 aliphatic heterocycles. The molecule has 1 aromatic heterocycles. The first-order valence-electron chi connectivity index (χ1n) is 5.13. The molecule has 0 spiro atoms. The van der Waals surface area contributed by atoms with Gasteiger partial charge in [-0.25, -0.2) is 4.98 Å². The number of rotatable bonds is 1. The predicted molar refractivity (Wildman–Crippen MR) is 59.0 cm³/mol. The molecule has 3 rings (SSSR count). The van der Waals surface area contributed by atoms with Crippen LogP contribution in [0, 0.1) is 0 Å². The highest BCUT2D eigenvalue weighted by Crippen LogP contribution is 2.24. The van der Waals surface area contributed by atoms with Gasteiger partial charge in [-0.3, -0.25) is 4.79 Å². The van der Waals surface area contributed by atoms with Gasteiger partial charge in [0.05, 0.1) is 0 Å². The van der Waals surface area contributed by atoms with Crippen molar-refractivity contribution >= 4 is 22.7 Å². The van der Waals surface area contributed by atoms with Gasteiger partial charge in [0.2, 0.25) is 5.91 Å². The third kappa shape index (κ3) is 1.37. The van der Waals surface area contributed by atoms with E-state index in [9.17, 15) is 4.79 Å². The fourth-order valence-corrected chi connectivity index (χ4v) is 2.00. The van der Waals surface area contributed by atoms with Gasteiger partial charge in [0.15, 0.2) is 12.0 Å². The summed E-state index contributed by atoms with van der Waals surface area (Å²) in [4.78, 5) is 17.4. The molecule has 1 fully saturated rings. The highest BCUT2D eigenvalue weighted by molar-refractivity contribution is 5.97. The Bertz CT molecular complexity index is 549. The van der Waals surface area contributed by atoms with Gasteiger partial charge in [-0.1, -0.05) is 0 Å². The summed E-state index contributed by atoms with van der Waals surface area (Å²) < 4.78 is 5.20. The van der Waals surface area contributed by atoms with E-state index in [4.69, 9.17) is 10.2 Å². The van der Waals surface area contributed by atoms with Crippen LogP contribution in [-0.2, 0) is 4.79 Å².